The van der Waals surface area contributed by atoms with Crippen molar-refractivity contribution >= 4 is 12.0 Å². The third kappa shape index (κ3) is 8.84. The molecular weight excluding hydrogens is 232 g/mol. The van der Waals surface area contributed by atoms with Gasteiger partial charge in [-0.25, -0.2) is 4.79 Å². The molecule has 5 heteroatoms. The van der Waals surface area contributed by atoms with E-state index in [1.807, 2.05) is 20.8 Å². The summed E-state index contributed by atoms with van der Waals surface area (Å²) < 4.78 is 0. The minimum atomic E-state index is -0.846. The Morgan fingerprint density at radius 3 is 2.44 bits per heavy atom. The molecule has 0 rings (SSSR count). The fraction of sp³-hybridized carbons (Fsp3) is 0.846. The summed E-state index contributed by atoms with van der Waals surface area (Å²) in [5.41, 5.74) is -0.507. The summed E-state index contributed by atoms with van der Waals surface area (Å²) in [5, 5.41) is 14.3. The Kier molecular flexibility index (Phi) is 7.39. The van der Waals surface area contributed by atoms with Gasteiger partial charge in [0.2, 0.25) is 0 Å². The normalized spacial score (nSPS) is 12.9. The topological polar surface area (TPSA) is 78.4 Å². The van der Waals surface area contributed by atoms with Crippen LogP contribution in [0.4, 0.5) is 4.79 Å². The van der Waals surface area contributed by atoms with Crippen LogP contribution in [0.2, 0.25) is 0 Å². The number of rotatable bonds is 8. The molecule has 0 aliphatic heterocycles. The lowest BCUT2D eigenvalue weighted by molar-refractivity contribution is -0.137. The number of carbonyl (C=O) groups excluding carboxylic acids is 1. The number of unbranched alkanes of at least 4 members (excludes halogenated alkanes) is 1. The standard InChI is InChI=1S/C13H26N2O3/c1-5-6-7-10(2)14-12(18)15-13(3,4)9-8-11(16)17/h10H,5-9H2,1-4H3,(H,16,17)(H2,14,15,18). The first-order valence-corrected chi connectivity index (χ1v) is 6.57. The number of carbonyl (C=O) groups is 2. The highest BCUT2D eigenvalue weighted by atomic mass is 16.4. The molecule has 18 heavy (non-hydrogen) atoms. The van der Waals surface area contributed by atoms with Crippen LogP contribution in [0.5, 0.6) is 0 Å². The van der Waals surface area contributed by atoms with Gasteiger partial charge in [0.25, 0.3) is 0 Å². The molecule has 0 bridgehead atoms. The number of carboxylic acids is 1. The van der Waals surface area contributed by atoms with Crippen LogP contribution < -0.4 is 10.6 Å². The lowest BCUT2D eigenvalue weighted by atomic mass is 9.99. The van der Waals surface area contributed by atoms with Crippen LogP contribution in [-0.2, 0) is 4.79 Å². The third-order valence-corrected chi connectivity index (χ3v) is 2.78. The largest absolute Gasteiger partial charge is 0.481 e. The Morgan fingerprint density at radius 1 is 1.33 bits per heavy atom. The Balaban J connectivity index is 4.01. The predicted molar refractivity (Wildman–Crippen MR) is 71.6 cm³/mol. The van der Waals surface area contributed by atoms with Crippen molar-refractivity contribution in [3.8, 4) is 0 Å². The maximum Gasteiger partial charge on any atom is 0.315 e. The summed E-state index contributed by atoms with van der Waals surface area (Å²) in [7, 11) is 0. The van der Waals surface area contributed by atoms with Crippen LogP contribution in [0.3, 0.4) is 0 Å². The molecule has 106 valence electrons. The van der Waals surface area contributed by atoms with Crippen LogP contribution in [0.15, 0.2) is 0 Å². The molecule has 0 fully saturated rings. The highest BCUT2D eigenvalue weighted by molar-refractivity contribution is 5.75. The zero-order chi connectivity index (χ0) is 14.2. The molecule has 0 radical (unpaired) electrons. The quantitative estimate of drug-likeness (QED) is 0.626. The number of hydrogen-bond acceptors (Lipinski definition) is 2. The van der Waals surface area contributed by atoms with E-state index in [-0.39, 0.29) is 18.5 Å². The van der Waals surface area contributed by atoms with Crippen molar-refractivity contribution in [2.24, 2.45) is 0 Å². The summed E-state index contributed by atoms with van der Waals surface area (Å²) in [6.07, 6.45) is 3.62. The third-order valence-electron chi connectivity index (χ3n) is 2.78. The van der Waals surface area contributed by atoms with E-state index in [4.69, 9.17) is 5.11 Å². The van der Waals surface area contributed by atoms with E-state index < -0.39 is 11.5 Å². The van der Waals surface area contributed by atoms with Crippen molar-refractivity contribution in [3.63, 3.8) is 0 Å². The van der Waals surface area contributed by atoms with Gasteiger partial charge in [0.05, 0.1) is 0 Å². The minimum absolute atomic E-state index is 0.0542. The molecule has 0 aliphatic rings. The lowest BCUT2D eigenvalue weighted by Crippen LogP contribution is -2.50. The first-order chi connectivity index (χ1) is 8.26. The lowest BCUT2D eigenvalue weighted by Gasteiger charge is -2.27. The zero-order valence-electron chi connectivity index (χ0n) is 11.9. The molecule has 5 nitrogen and oxygen atoms in total. The Labute approximate surface area is 109 Å². The van der Waals surface area contributed by atoms with Crippen LogP contribution >= 0.6 is 0 Å². The van der Waals surface area contributed by atoms with Crippen molar-refractivity contribution in [1.29, 1.82) is 0 Å². The van der Waals surface area contributed by atoms with Gasteiger partial charge in [-0.05, 0) is 33.6 Å². The Morgan fingerprint density at radius 2 is 1.94 bits per heavy atom. The summed E-state index contributed by atoms with van der Waals surface area (Å²) in [6, 6.07) is -0.0887. The molecule has 0 aromatic rings. The van der Waals surface area contributed by atoms with Gasteiger partial charge in [0, 0.05) is 18.0 Å². The second-order valence-corrected chi connectivity index (χ2v) is 5.42. The Hall–Kier alpha value is -1.26. The number of nitrogens with one attached hydrogen (secondary N) is 2. The van der Waals surface area contributed by atoms with E-state index in [9.17, 15) is 9.59 Å². The number of amides is 2. The summed E-state index contributed by atoms with van der Waals surface area (Å²) in [4.78, 5) is 22.2. The van der Waals surface area contributed by atoms with Crippen molar-refractivity contribution < 1.29 is 14.7 Å². The molecule has 0 spiro atoms. The van der Waals surface area contributed by atoms with Gasteiger partial charge < -0.3 is 15.7 Å². The molecule has 0 aromatic carbocycles. The van der Waals surface area contributed by atoms with E-state index in [2.05, 4.69) is 17.6 Å². The average Bonchev–Trinajstić information content (AvgIpc) is 2.22. The molecule has 0 heterocycles. The molecular formula is C13H26N2O3. The molecule has 3 N–H and O–H groups in total. The van der Waals surface area contributed by atoms with E-state index in [1.54, 1.807) is 0 Å². The van der Waals surface area contributed by atoms with Crippen molar-refractivity contribution in [2.45, 2.75) is 71.4 Å². The Bertz CT molecular complexity index is 277. The summed E-state index contributed by atoms with van der Waals surface area (Å²) in [5.74, 6) is -0.846. The van der Waals surface area contributed by atoms with Crippen LogP contribution in [0.1, 0.15) is 59.8 Å². The molecule has 2 amide bonds. The van der Waals surface area contributed by atoms with Gasteiger partial charge in [-0.3, -0.25) is 4.79 Å². The number of hydrogen-bond donors (Lipinski definition) is 3. The van der Waals surface area contributed by atoms with Crippen molar-refractivity contribution in [2.75, 3.05) is 0 Å². The molecule has 0 aliphatic carbocycles. The molecule has 0 aromatic heterocycles. The SMILES string of the molecule is CCCCC(C)NC(=O)NC(C)(C)CCC(=O)O. The van der Waals surface area contributed by atoms with Crippen molar-refractivity contribution in [1.82, 2.24) is 10.6 Å². The van der Waals surface area contributed by atoms with Crippen molar-refractivity contribution in [3.05, 3.63) is 0 Å². The van der Waals surface area contributed by atoms with Crippen LogP contribution in [0, 0.1) is 0 Å². The molecule has 1 atom stereocenters. The first-order valence-electron chi connectivity index (χ1n) is 6.57. The van der Waals surface area contributed by atoms with Gasteiger partial charge in [0.1, 0.15) is 0 Å². The van der Waals surface area contributed by atoms with Gasteiger partial charge in [-0.15, -0.1) is 0 Å². The highest BCUT2D eigenvalue weighted by Crippen LogP contribution is 2.11. The first kappa shape index (κ1) is 16.7. The molecule has 0 saturated carbocycles. The predicted octanol–water partition coefficient (Wildman–Crippen LogP) is 2.51. The fourth-order valence-corrected chi connectivity index (χ4v) is 1.63. The maximum absolute atomic E-state index is 11.7. The van der Waals surface area contributed by atoms with Gasteiger partial charge >= 0.3 is 12.0 Å². The summed E-state index contributed by atoms with van der Waals surface area (Å²) in [6.45, 7) is 7.74. The average molecular weight is 258 g/mol. The fourth-order valence-electron chi connectivity index (χ4n) is 1.63. The minimum Gasteiger partial charge on any atom is -0.481 e. The smallest absolute Gasteiger partial charge is 0.315 e. The maximum atomic E-state index is 11.7. The second kappa shape index (κ2) is 7.95. The summed E-state index contributed by atoms with van der Waals surface area (Å²) >= 11 is 0. The zero-order valence-corrected chi connectivity index (χ0v) is 11.9. The van der Waals surface area contributed by atoms with E-state index in [1.165, 1.54) is 0 Å². The van der Waals surface area contributed by atoms with E-state index in [0.717, 1.165) is 19.3 Å². The van der Waals surface area contributed by atoms with Gasteiger partial charge in [-0.1, -0.05) is 19.8 Å². The van der Waals surface area contributed by atoms with E-state index >= 15 is 0 Å². The van der Waals surface area contributed by atoms with Crippen LogP contribution in [-0.4, -0.2) is 28.7 Å². The van der Waals surface area contributed by atoms with Crippen LogP contribution in [0.25, 0.3) is 0 Å². The highest BCUT2D eigenvalue weighted by Gasteiger charge is 2.21. The number of carboxylic acid groups (broad SMARTS) is 1. The number of urea groups is 1. The molecule has 0 saturated heterocycles. The van der Waals surface area contributed by atoms with Gasteiger partial charge in [0.15, 0.2) is 0 Å². The van der Waals surface area contributed by atoms with E-state index in [0.29, 0.717) is 6.42 Å². The number of aliphatic carboxylic acids is 1. The van der Waals surface area contributed by atoms with Gasteiger partial charge in [-0.2, -0.15) is 0 Å². The monoisotopic (exact) mass is 258 g/mol. The molecule has 1 unspecified atom stereocenters. The second-order valence-electron chi connectivity index (χ2n) is 5.42.